The summed E-state index contributed by atoms with van der Waals surface area (Å²) >= 11 is 1.43. The minimum absolute atomic E-state index is 0.204. The van der Waals surface area contributed by atoms with Crippen LogP contribution in [-0.2, 0) is 0 Å². The van der Waals surface area contributed by atoms with Crippen LogP contribution in [0.25, 0.3) is 11.3 Å². The van der Waals surface area contributed by atoms with Crippen LogP contribution in [0.4, 0.5) is 11.4 Å². The summed E-state index contributed by atoms with van der Waals surface area (Å²) in [5, 5.41) is 30.4. The number of hydrogen-bond donors (Lipinski definition) is 3. The first-order valence-electron chi connectivity index (χ1n) is 10.5. The number of aromatic hydroxyl groups is 1. The number of para-hydroxylation sites is 1. The van der Waals surface area contributed by atoms with E-state index in [4.69, 9.17) is 4.74 Å². The van der Waals surface area contributed by atoms with Crippen molar-refractivity contribution in [3.63, 3.8) is 0 Å². The van der Waals surface area contributed by atoms with E-state index >= 15 is 0 Å². The van der Waals surface area contributed by atoms with Gasteiger partial charge in [0.05, 0.1) is 23.3 Å². The number of unbranched alkanes of at least 4 members (excludes halogenated alkanes) is 2. The van der Waals surface area contributed by atoms with Crippen LogP contribution in [-0.4, -0.2) is 33.0 Å². The topological polar surface area (TPSA) is 134 Å². The van der Waals surface area contributed by atoms with Crippen LogP contribution in [0.15, 0.2) is 46.3 Å². The summed E-state index contributed by atoms with van der Waals surface area (Å²) in [5.41, 5.74) is 1.03. The van der Waals surface area contributed by atoms with Crippen LogP contribution in [0.5, 0.6) is 11.5 Å². The first kappa shape index (κ1) is 22.6. The summed E-state index contributed by atoms with van der Waals surface area (Å²) < 4.78 is 6.60. The van der Waals surface area contributed by atoms with Crippen LogP contribution in [0.1, 0.15) is 37.9 Å². The van der Waals surface area contributed by atoms with E-state index in [0.717, 1.165) is 25.0 Å². The van der Waals surface area contributed by atoms with E-state index < -0.39 is 16.8 Å². The second kappa shape index (κ2) is 9.49. The Labute approximate surface area is 193 Å². The Hall–Kier alpha value is -3.60. The number of methoxy groups -OCH3 is 1. The average Bonchev–Trinajstić information content (AvgIpc) is 2.81. The molecule has 0 bridgehead atoms. The first-order valence-corrected chi connectivity index (χ1v) is 11.5. The lowest BCUT2D eigenvalue weighted by Crippen LogP contribution is -2.55. The molecular formula is C22H24N5O5S+. The predicted molar refractivity (Wildman–Crippen MR) is 124 cm³/mol. The quantitative estimate of drug-likeness (QED) is 0.149. The molecule has 0 saturated heterocycles. The molecule has 1 aliphatic rings. The number of hydrogen-bond acceptors (Lipinski definition) is 8. The van der Waals surface area contributed by atoms with Gasteiger partial charge in [-0.25, -0.2) is 0 Å². The Kier molecular flexibility index (Phi) is 6.50. The van der Waals surface area contributed by atoms with Gasteiger partial charge in [-0.15, -0.1) is 0 Å². The zero-order chi connectivity index (χ0) is 23.5. The number of nitrogens with one attached hydrogen (secondary N) is 2. The number of ether oxygens (including phenoxy) is 1. The third-order valence-corrected chi connectivity index (χ3v) is 6.34. The number of thioether (sulfide) groups is 1. The molecule has 0 amide bonds. The number of nitro groups is 1. The molecule has 172 valence electrons. The highest BCUT2D eigenvalue weighted by molar-refractivity contribution is 7.99. The molecule has 0 spiro atoms. The van der Waals surface area contributed by atoms with Gasteiger partial charge in [0.1, 0.15) is 5.56 Å². The van der Waals surface area contributed by atoms with Crippen molar-refractivity contribution in [3.8, 4) is 22.8 Å². The lowest BCUT2D eigenvalue weighted by atomic mass is 10.0. The number of rotatable bonds is 8. The number of H-pyrrole nitrogens is 1. The van der Waals surface area contributed by atoms with E-state index in [1.807, 2.05) is 12.1 Å². The molecule has 1 atom stereocenters. The standard InChI is InChI=1S/C22H23N5O5S/c1-3-4-7-12-33-22-24-21(29)18-13-8-5-6-9-15(13)23-20(26(18)25-22)14-10-11-16(28)19(32-2)17(14)27(30)31/h5-6,8-11,20H,3-4,7,12H2,1-2H3,(H2,24,25,28,29)/p+1/t20-/m0/s1. The Morgan fingerprint density at radius 2 is 2.06 bits per heavy atom. The van der Waals surface area contributed by atoms with Gasteiger partial charge < -0.3 is 15.2 Å². The molecule has 1 aromatic heterocycles. The average molecular weight is 471 g/mol. The minimum atomic E-state index is -0.873. The molecule has 3 N–H and O–H groups in total. The Bertz CT molecular complexity index is 1260. The van der Waals surface area contributed by atoms with Crippen molar-refractivity contribution in [1.29, 1.82) is 0 Å². The number of fused-ring (bicyclic) bond motifs is 3. The number of benzene rings is 2. The molecular weight excluding hydrogens is 446 g/mol. The second-order valence-corrected chi connectivity index (χ2v) is 8.60. The molecule has 0 unspecified atom stereocenters. The molecule has 2 aromatic carbocycles. The Morgan fingerprint density at radius 1 is 1.27 bits per heavy atom. The third kappa shape index (κ3) is 4.23. The lowest BCUT2D eigenvalue weighted by Gasteiger charge is -2.22. The molecule has 11 heteroatoms. The molecule has 0 fully saturated rings. The zero-order valence-corrected chi connectivity index (χ0v) is 19.0. The van der Waals surface area contributed by atoms with E-state index in [2.05, 4.69) is 22.3 Å². The SMILES string of the molecule is CCCCCSc1n[n+]2c(c(=O)[nH]1)-c1ccccc1N[C@@H]2c1ccc(O)c(OC)c1[N+](=O)[O-]. The van der Waals surface area contributed by atoms with E-state index in [0.29, 0.717) is 16.4 Å². The lowest BCUT2D eigenvalue weighted by molar-refractivity contribution is -0.759. The van der Waals surface area contributed by atoms with E-state index in [-0.39, 0.29) is 28.3 Å². The van der Waals surface area contributed by atoms with Gasteiger partial charge in [-0.1, -0.05) is 43.7 Å². The molecule has 2 heterocycles. The summed E-state index contributed by atoms with van der Waals surface area (Å²) in [6.45, 7) is 2.12. The summed E-state index contributed by atoms with van der Waals surface area (Å²) in [4.78, 5) is 27.4. The Morgan fingerprint density at radius 3 is 2.79 bits per heavy atom. The van der Waals surface area contributed by atoms with Crippen LogP contribution < -0.4 is 20.3 Å². The van der Waals surface area contributed by atoms with Gasteiger partial charge in [-0.2, -0.15) is 0 Å². The fourth-order valence-corrected chi connectivity index (χ4v) is 4.72. The van der Waals surface area contributed by atoms with Crippen molar-refractivity contribution in [2.75, 3.05) is 18.2 Å². The second-order valence-electron chi connectivity index (χ2n) is 7.51. The van der Waals surface area contributed by atoms with E-state index in [1.165, 1.54) is 35.7 Å². The van der Waals surface area contributed by atoms with Crippen molar-refractivity contribution in [2.24, 2.45) is 0 Å². The molecule has 33 heavy (non-hydrogen) atoms. The zero-order valence-electron chi connectivity index (χ0n) is 18.2. The number of phenols is 1. The molecule has 1 aliphatic heterocycles. The number of nitro benzene ring substituents is 1. The van der Waals surface area contributed by atoms with Crippen molar-refractivity contribution < 1.29 is 19.4 Å². The molecule has 4 rings (SSSR count). The predicted octanol–water partition coefficient (Wildman–Crippen LogP) is 3.60. The number of phenolic OH excluding ortho intramolecular Hbond substituents is 1. The molecule has 0 aliphatic carbocycles. The van der Waals surface area contributed by atoms with Gasteiger partial charge in [0, 0.05) is 10.9 Å². The Balaban J connectivity index is 1.90. The fourth-order valence-electron chi connectivity index (χ4n) is 3.87. The van der Waals surface area contributed by atoms with Crippen molar-refractivity contribution in [3.05, 3.63) is 62.4 Å². The van der Waals surface area contributed by atoms with Crippen LogP contribution in [0.2, 0.25) is 0 Å². The summed E-state index contributed by atoms with van der Waals surface area (Å²) in [6, 6.07) is 9.98. The smallest absolute Gasteiger partial charge is 0.326 e. The van der Waals surface area contributed by atoms with Gasteiger partial charge in [0.2, 0.25) is 10.9 Å². The number of nitrogens with zero attached hydrogens (tertiary/aromatic N) is 3. The monoisotopic (exact) mass is 470 g/mol. The van der Waals surface area contributed by atoms with Crippen molar-refractivity contribution >= 4 is 23.1 Å². The summed E-state index contributed by atoms with van der Waals surface area (Å²) in [5.74, 6) is 0.192. The highest BCUT2D eigenvalue weighted by Crippen LogP contribution is 2.42. The largest absolute Gasteiger partial charge is 0.504 e. The summed E-state index contributed by atoms with van der Waals surface area (Å²) in [7, 11) is 1.25. The maximum Gasteiger partial charge on any atom is 0.326 e. The van der Waals surface area contributed by atoms with E-state index in [9.17, 15) is 20.0 Å². The van der Waals surface area contributed by atoms with Crippen molar-refractivity contribution in [2.45, 2.75) is 37.5 Å². The maximum absolute atomic E-state index is 13.2. The van der Waals surface area contributed by atoms with Crippen LogP contribution in [0, 0.1) is 10.1 Å². The van der Waals surface area contributed by atoms with Gasteiger partial charge in [0.15, 0.2) is 5.75 Å². The van der Waals surface area contributed by atoms with Gasteiger partial charge in [-0.3, -0.25) is 19.9 Å². The third-order valence-electron chi connectivity index (χ3n) is 5.39. The normalized spacial score (nSPS) is 14.2. The van der Waals surface area contributed by atoms with Crippen LogP contribution in [0.3, 0.4) is 0 Å². The molecule has 0 radical (unpaired) electrons. The number of aromatic amines is 1. The van der Waals surface area contributed by atoms with Gasteiger partial charge in [-0.05, 0) is 35.4 Å². The minimum Gasteiger partial charge on any atom is -0.504 e. The fraction of sp³-hybridized carbons (Fsp3) is 0.318. The highest BCUT2D eigenvalue weighted by Gasteiger charge is 2.42. The first-order chi connectivity index (χ1) is 16.0. The van der Waals surface area contributed by atoms with Crippen LogP contribution >= 0.6 is 11.8 Å². The van der Waals surface area contributed by atoms with Gasteiger partial charge >= 0.3 is 16.9 Å². The molecule has 10 nitrogen and oxygen atoms in total. The van der Waals surface area contributed by atoms with Crippen molar-refractivity contribution in [1.82, 2.24) is 10.1 Å². The number of aromatic nitrogens is 3. The van der Waals surface area contributed by atoms with E-state index in [1.54, 1.807) is 12.1 Å². The maximum atomic E-state index is 13.2. The molecule has 3 aromatic rings. The molecule has 0 saturated carbocycles. The highest BCUT2D eigenvalue weighted by atomic mass is 32.2. The summed E-state index contributed by atoms with van der Waals surface area (Å²) in [6.07, 6.45) is 2.27. The number of anilines is 1. The van der Waals surface area contributed by atoms with Gasteiger partial charge in [0.25, 0.3) is 6.17 Å².